The van der Waals surface area contributed by atoms with Gasteiger partial charge in [0, 0.05) is 40.8 Å². The van der Waals surface area contributed by atoms with Crippen LogP contribution in [0.4, 0.5) is 5.69 Å². The van der Waals surface area contributed by atoms with Crippen LogP contribution in [0.15, 0.2) is 12.4 Å². The lowest BCUT2D eigenvalue weighted by Crippen LogP contribution is -2.24. The van der Waals surface area contributed by atoms with Gasteiger partial charge in [0.1, 0.15) is 0 Å². The molecular weight excluding hydrogens is 296 g/mol. The van der Waals surface area contributed by atoms with Gasteiger partial charge in [-0.3, -0.25) is 19.0 Å². The molecule has 0 aliphatic heterocycles. The van der Waals surface area contributed by atoms with E-state index in [1.807, 2.05) is 20.2 Å². The molecule has 0 radical (unpaired) electrons. The molecule has 2 amide bonds. The fraction of sp³-hybridized carbons (Fsp3) is 0.467. The quantitative estimate of drug-likeness (QED) is 0.881. The van der Waals surface area contributed by atoms with E-state index in [4.69, 9.17) is 0 Å². The summed E-state index contributed by atoms with van der Waals surface area (Å²) in [5, 5.41) is 11.1. The van der Waals surface area contributed by atoms with Crippen LogP contribution in [0.3, 0.4) is 0 Å². The molecule has 1 N–H and O–H groups in total. The fourth-order valence-electron chi connectivity index (χ4n) is 2.18. The molecule has 2 aromatic rings. The Morgan fingerprint density at radius 2 is 2.00 bits per heavy atom. The maximum atomic E-state index is 12.2. The molecule has 2 aromatic heterocycles. The van der Waals surface area contributed by atoms with Gasteiger partial charge < -0.3 is 10.2 Å². The van der Waals surface area contributed by atoms with E-state index in [1.54, 1.807) is 36.7 Å². The van der Waals surface area contributed by atoms with Crippen molar-refractivity contribution in [1.82, 2.24) is 24.5 Å². The summed E-state index contributed by atoms with van der Waals surface area (Å²) >= 11 is 0. The molecule has 0 spiro atoms. The molecule has 2 heterocycles. The van der Waals surface area contributed by atoms with Crippen molar-refractivity contribution in [3.63, 3.8) is 0 Å². The van der Waals surface area contributed by atoms with E-state index in [9.17, 15) is 9.59 Å². The van der Waals surface area contributed by atoms with Crippen LogP contribution in [0, 0.1) is 6.92 Å². The zero-order chi connectivity index (χ0) is 17.1. The Kier molecular flexibility index (Phi) is 4.83. The van der Waals surface area contributed by atoms with Crippen LogP contribution in [-0.4, -0.2) is 50.4 Å². The largest absolute Gasteiger partial charge is 0.343 e. The van der Waals surface area contributed by atoms with Gasteiger partial charge in [-0.05, 0) is 18.9 Å². The van der Waals surface area contributed by atoms with Crippen LogP contribution in [0.2, 0.25) is 0 Å². The van der Waals surface area contributed by atoms with Gasteiger partial charge in [0.25, 0.3) is 5.91 Å². The number of carbonyl (C=O) groups is 2. The van der Waals surface area contributed by atoms with Crippen LogP contribution in [0.5, 0.6) is 0 Å². The molecule has 8 heteroatoms. The average Bonchev–Trinajstić information content (AvgIpc) is 3.02. The van der Waals surface area contributed by atoms with Crippen molar-refractivity contribution in [2.24, 2.45) is 14.1 Å². The third-order valence-corrected chi connectivity index (χ3v) is 3.61. The zero-order valence-electron chi connectivity index (χ0n) is 14.1. The molecular formula is C15H22N6O2. The summed E-state index contributed by atoms with van der Waals surface area (Å²) in [4.78, 5) is 25.8. The highest BCUT2D eigenvalue weighted by Gasteiger charge is 2.22. The maximum Gasteiger partial charge on any atom is 0.276 e. The first kappa shape index (κ1) is 16.7. The maximum absolute atomic E-state index is 12.2. The van der Waals surface area contributed by atoms with Gasteiger partial charge in [-0.15, -0.1) is 0 Å². The molecule has 0 saturated heterocycles. The Labute approximate surface area is 135 Å². The number of aromatic nitrogens is 4. The lowest BCUT2D eigenvalue weighted by atomic mass is 10.2. The van der Waals surface area contributed by atoms with Crippen LogP contribution < -0.4 is 5.32 Å². The molecule has 0 aliphatic rings. The summed E-state index contributed by atoms with van der Waals surface area (Å²) in [6.07, 6.45) is 4.53. The minimum Gasteiger partial charge on any atom is -0.343 e. The predicted octanol–water partition coefficient (Wildman–Crippen LogP) is 0.735. The first-order valence-corrected chi connectivity index (χ1v) is 7.32. The molecule has 2 rings (SSSR count). The number of aryl methyl sites for hydroxylation is 3. The van der Waals surface area contributed by atoms with Crippen molar-refractivity contribution in [1.29, 1.82) is 0 Å². The van der Waals surface area contributed by atoms with E-state index < -0.39 is 0 Å². The van der Waals surface area contributed by atoms with Crippen LogP contribution in [0.1, 0.15) is 28.2 Å². The van der Waals surface area contributed by atoms with E-state index in [-0.39, 0.29) is 17.5 Å². The Hall–Kier alpha value is -2.64. The second kappa shape index (κ2) is 6.64. The van der Waals surface area contributed by atoms with Crippen molar-refractivity contribution in [2.45, 2.75) is 19.8 Å². The number of hydrogen-bond donors (Lipinski definition) is 1. The van der Waals surface area contributed by atoms with Gasteiger partial charge >= 0.3 is 0 Å². The molecule has 23 heavy (non-hydrogen) atoms. The van der Waals surface area contributed by atoms with Crippen molar-refractivity contribution in [2.75, 3.05) is 19.4 Å². The molecule has 0 saturated carbocycles. The Morgan fingerprint density at radius 3 is 2.57 bits per heavy atom. The zero-order valence-corrected chi connectivity index (χ0v) is 14.1. The van der Waals surface area contributed by atoms with Crippen molar-refractivity contribution >= 4 is 17.5 Å². The smallest absolute Gasteiger partial charge is 0.276 e. The number of rotatable bonds is 5. The SMILES string of the molecule is Cc1c(NC(=O)CCc2cnn(C)c2)c(C(=O)N(C)C)nn1C. The number of nitrogens with zero attached hydrogens (tertiary/aromatic N) is 5. The summed E-state index contributed by atoms with van der Waals surface area (Å²) in [5.41, 5.74) is 2.46. The summed E-state index contributed by atoms with van der Waals surface area (Å²) < 4.78 is 3.29. The van der Waals surface area contributed by atoms with Crippen LogP contribution in [0.25, 0.3) is 0 Å². The first-order chi connectivity index (χ1) is 10.8. The number of carbonyl (C=O) groups excluding carboxylic acids is 2. The van der Waals surface area contributed by atoms with Gasteiger partial charge in [-0.1, -0.05) is 0 Å². The minimum absolute atomic E-state index is 0.155. The van der Waals surface area contributed by atoms with Crippen LogP contribution in [-0.2, 0) is 25.3 Å². The standard InChI is InChI=1S/C15H22N6O2/c1-10-13(14(18-21(10)5)15(23)19(2)3)17-12(22)7-6-11-8-16-20(4)9-11/h8-9H,6-7H2,1-5H3,(H,17,22). The topological polar surface area (TPSA) is 85.1 Å². The van der Waals surface area contributed by atoms with Gasteiger partial charge in [-0.2, -0.15) is 10.2 Å². The van der Waals surface area contributed by atoms with Gasteiger partial charge in [0.2, 0.25) is 5.91 Å². The first-order valence-electron chi connectivity index (χ1n) is 7.32. The predicted molar refractivity (Wildman–Crippen MR) is 86.1 cm³/mol. The van der Waals surface area contributed by atoms with E-state index in [0.717, 1.165) is 11.3 Å². The monoisotopic (exact) mass is 318 g/mol. The third-order valence-electron chi connectivity index (χ3n) is 3.61. The molecule has 0 bridgehead atoms. The fourth-order valence-corrected chi connectivity index (χ4v) is 2.18. The Morgan fingerprint density at radius 1 is 1.30 bits per heavy atom. The van der Waals surface area contributed by atoms with Gasteiger partial charge in [0.15, 0.2) is 5.69 Å². The highest BCUT2D eigenvalue weighted by molar-refractivity contribution is 6.02. The van der Waals surface area contributed by atoms with E-state index in [1.165, 1.54) is 4.90 Å². The number of nitrogens with one attached hydrogen (secondary N) is 1. The van der Waals surface area contributed by atoms with Crippen LogP contribution >= 0.6 is 0 Å². The minimum atomic E-state index is -0.240. The summed E-state index contributed by atoms with van der Waals surface area (Å²) in [6, 6.07) is 0. The molecule has 0 atom stereocenters. The number of hydrogen-bond acceptors (Lipinski definition) is 4. The van der Waals surface area contributed by atoms with E-state index >= 15 is 0 Å². The molecule has 0 unspecified atom stereocenters. The van der Waals surface area contributed by atoms with Crippen molar-refractivity contribution < 1.29 is 9.59 Å². The molecule has 0 fully saturated rings. The Balaban J connectivity index is 2.09. The second-order valence-electron chi connectivity index (χ2n) is 5.70. The average molecular weight is 318 g/mol. The summed E-state index contributed by atoms with van der Waals surface area (Å²) in [5.74, 6) is -0.394. The molecule has 0 aliphatic carbocycles. The van der Waals surface area contributed by atoms with Crippen molar-refractivity contribution in [3.05, 3.63) is 29.3 Å². The van der Waals surface area contributed by atoms with E-state index in [0.29, 0.717) is 18.5 Å². The Bertz CT molecular complexity index is 728. The third kappa shape index (κ3) is 3.77. The van der Waals surface area contributed by atoms with Gasteiger partial charge in [0.05, 0.1) is 17.6 Å². The molecule has 124 valence electrons. The van der Waals surface area contributed by atoms with Crippen molar-refractivity contribution in [3.8, 4) is 0 Å². The highest BCUT2D eigenvalue weighted by Crippen LogP contribution is 2.21. The lowest BCUT2D eigenvalue weighted by Gasteiger charge is -2.10. The normalized spacial score (nSPS) is 10.7. The molecule has 0 aromatic carbocycles. The highest BCUT2D eigenvalue weighted by atomic mass is 16.2. The number of anilines is 1. The lowest BCUT2D eigenvalue weighted by molar-refractivity contribution is -0.116. The number of amides is 2. The summed E-state index contributed by atoms with van der Waals surface area (Å²) in [7, 11) is 6.88. The molecule has 8 nitrogen and oxygen atoms in total. The summed E-state index contributed by atoms with van der Waals surface area (Å²) in [6.45, 7) is 1.82. The van der Waals surface area contributed by atoms with E-state index in [2.05, 4.69) is 15.5 Å². The second-order valence-corrected chi connectivity index (χ2v) is 5.70. The van der Waals surface area contributed by atoms with Gasteiger partial charge in [-0.25, -0.2) is 0 Å².